The number of esters is 1. The second-order valence-corrected chi connectivity index (χ2v) is 3.46. The summed E-state index contributed by atoms with van der Waals surface area (Å²) in [4.78, 5) is 11.2. The number of hydrogen-bond acceptors (Lipinski definition) is 2. The molecule has 0 saturated heterocycles. The summed E-state index contributed by atoms with van der Waals surface area (Å²) in [5.74, 6) is -0.171. The first-order valence-corrected chi connectivity index (χ1v) is 5.04. The lowest BCUT2D eigenvalue weighted by molar-refractivity contribution is -0.142. The van der Waals surface area contributed by atoms with Gasteiger partial charge in [0, 0.05) is 6.42 Å². The van der Waals surface area contributed by atoms with Gasteiger partial charge in [0.1, 0.15) is 6.61 Å². The number of carbonyl (C=O) groups is 1. The molecule has 2 heteroatoms. The van der Waals surface area contributed by atoms with Crippen LogP contribution in [0.3, 0.4) is 0 Å². The molecule has 0 aliphatic heterocycles. The van der Waals surface area contributed by atoms with Crippen LogP contribution in [0, 0.1) is 6.92 Å². The molecule has 0 spiro atoms. The fourth-order valence-corrected chi connectivity index (χ4v) is 1.23. The minimum absolute atomic E-state index is 0.171. The number of carbonyl (C=O) groups excluding carboxylic acids is 1. The van der Waals surface area contributed by atoms with Gasteiger partial charge in [0.05, 0.1) is 0 Å². The van der Waals surface area contributed by atoms with E-state index in [-0.39, 0.29) is 5.97 Å². The Balaban J connectivity index is 2.33. The summed E-state index contributed by atoms with van der Waals surface area (Å²) >= 11 is 0. The molecule has 0 fully saturated rings. The smallest absolute Gasteiger partial charge is 0.306 e. The Labute approximate surface area is 90.6 Å². The molecule has 0 aliphatic carbocycles. The molecule has 0 unspecified atom stereocenters. The standard InChI is InChI=1S/C13H16O2/c1-3-10-15-13(14)9-8-12-6-4-11(2)5-7-12/h3-7H,1,8-10H2,2H3. The lowest BCUT2D eigenvalue weighted by Crippen LogP contribution is -2.05. The highest BCUT2D eigenvalue weighted by Crippen LogP contribution is 2.06. The number of hydrogen-bond donors (Lipinski definition) is 0. The Kier molecular flexibility index (Phi) is 4.61. The Bertz CT molecular complexity index is 325. The summed E-state index contributed by atoms with van der Waals surface area (Å²) in [6.07, 6.45) is 2.73. The number of benzene rings is 1. The van der Waals surface area contributed by atoms with E-state index >= 15 is 0 Å². The van der Waals surface area contributed by atoms with Crippen molar-refractivity contribution in [3.8, 4) is 0 Å². The monoisotopic (exact) mass is 204 g/mol. The summed E-state index contributed by atoms with van der Waals surface area (Å²) in [7, 11) is 0. The summed E-state index contributed by atoms with van der Waals surface area (Å²) in [5, 5.41) is 0. The Morgan fingerprint density at radius 2 is 2.07 bits per heavy atom. The van der Waals surface area contributed by atoms with E-state index in [2.05, 4.69) is 6.58 Å². The van der Waals surface area contributed by atoms with Crippen LogP contribution >= 0.6 is 0 Å². The van der Waals surface area contributed by atoms with E-state index in [1.807, 2.05) is 31.2 Å². The predicted octanol–water partition coefficient (Wildman–Crippen LogP) is 2.66. The van der Waals surface area contributed by atoms with Crippen molar-refractivity contribution < 1.29 is 9.53 Å². The van der Waals surface area contributed by atoms with Gasteiger partial charge in [0.25, 0.3) is 0 Å². The van der Waals surface area contributed by atoms with Crippen molar-refractivity contribution in [2.45, 2.75) is 19.8 Å². The highest BCUT2D eigenvalue weighted by atomic mass is 16.5. The molecule has 0 saturated carbocycles. The van der Waals surface area contributed by atoms with E-state index < -0.39 is 0 Å². The second kappa shape index (κ2) is 6.02. The van der Waals surface area contributed by atoms with E-state index in [0.717, 1.165) is 12.0 Å². The molecule has 1 aromatic rings. The lowest BCUT2D eigenvalue weighted by atomic mass is 10.1. The first-order chi connectivity index (χ1) is 7.22. The van der Waals surface area contributed by atoms with E-state index in [1.54, 1.807) is 6.08 Å². The minimum atomic E-state index is -0.171. The van der Waals surface area contributed by atoms with Crippen LogP contribution in [0.5, 0.6) is 0 Å². The third-order valence-corrected chi connectivity index (χ3v) is 2.10. The lowest BCUT2D eigenvalue weighted by Gasteiger charge is -2.02. The maximum atomic E-state index is 11.2. The largest absolute Gasteiger partial charge is 0.461 e. The van der Waals surface area contributed by atoms with Gasteiger partial charge in [-0.25, -0.2) is 0 Å². The zero-order valence-corrected chi connectivity index (χ0v) is 9.03. The minimum Gasteiger partial charge on any atom is -0.461 e. The van der Waals surface area contributed by atoms with Gasteiger partial charge in [0.2, 0.25) is 0 Å². The molecule has 0 heterocycles. The fourth-order valence-electron chi connectivity index (χ4n) is 1.23. The Hall–Kier alpha value is -1.57. The molecule has 0 aliphatic rings. The molecule has 15 heavy (non-hydrogen) atoms. The van der Waals surface area contributed by atoms with Crippen molar-refractivity contribution in [3.63, 3.8) is 0 Å². The zero-order chi connectivity index (χ0) is 11.1. The quantitative estimate of drug-likeness (QED) is 0.544. The molecule has 0 bridgehead atoms. The molecular weight excluding hydrogens is 188 g/mol. The third-order valence-electron chi connectivity index (χ3n) is 2.10. The predicted molar refractivity (Wildman–Crippen MR) is 60.7 cm³/mol. The maximum Gasteiger partial charge on any atom is 0.306 e. The normalized spacial score (nSPS) is 9.67. The zero-order valence-electron chi connectivity index (χ0n) is 9.03. The van der Waals surface area contributed by atoms with Crippen LogP contribution in [0.25, 0.3) is 0 Å². The van der Waals surface area contributed by atoms with E-state index in [0.29, 0.717) is 13.0 Å². The van der Waals surface area contributed by atoms with Gasteiger partial charge in [0.15, 0.2) is 0 Å². The number of ether oxygens (including phenoxy) is 1. The van der Waals surface area contributed by atoms with Crippen molar-refractivity contribution in [2.24, 2.45) is 0 Å². The second-order valence-electron chi connectivity index (χ2n) is 3.46. The van der Waals surface area contributed by atoms with Crippen LogP contribution < -0.4 is 0 Å². The first kappa shape index (κ1) is 11.5. The van der Waals surface area contributed by atoms with Gasteiger partial charge >= 0.3 is 5.97 Å². The average molecular weight is 204 g/mol. The summed E-state index contributed by atoms with van der Waals surface area (Å²) in [6, 6.07) is 8.17. The van der Waals surface area contributed by atoms with Crippen molar-refractivity contribution in [1.29, 1.82) is 0 Å². The van der Waals surface area contributed by atoms with E-state index in [4.69, 9.17) is 4.74 Å². The molecule has 2 nitrogen and oxygen atoms in total. The molecule has 0 radical (unpaired) electrons. The summed E-state index contributed by atoms with van der Waals surface area (Å²) in [5.41, 5.74) is 2.39. The molecule has 0 amide bonds. The van der Waals surface area contributed by atoms with Crippen LogP contribution in [0.2, 0.25) is 0 Å². The maximum absolute atomic E-state index is 11.2. The van der Waals surface area contributed by atoms with E-state index in [1.165, 1.54) is 5.56 Å². The molecule has 80 valence electrons. The highest BCUT2D eigenvalue weighted by molar-refractivity contribution is 5.69. The van der Waals surface area contributed by atoms with Crippen LogP contribution in [-0.4, -0.2) is 12.6 Å². The SMILES string of the molecule is C=CCOC(=O)CCc1ccc(C)cc1. The molecule has 0 aromatic heterocycles. The Morgan fingerprint density at radius 1 is 1.40 bits per heavy atom. The van der Waals surface area contributed by atoms with Crippen LogP contribution in [0.1, 0.15) is 17.5 Å². The van der Waals surface area contributed by atoms with Gasteiger partial charge in [-0.2, -0.15) is 0 Å². The Morgan fingerprint density at radius 3 is 2.67 bits per heavy atom. The van der Waals surface area contributed by atoms with Gasteiger partial charge in [-0.1, -0.05) is 42.5 Å². The van der Waals surface area contributed by atoms with E-state index in [9.17, 15) is 4.79 Å². The van der Waals surface area contributed by atoms with Crippen molar-refractivity contribution >= 4 is 5.97 Å². The molecule has 1 rings (SSSR count). The molecule has 0 atom stereocenters. The van der Waals surface area contributed by atoms with Crippen molar-refractivity contribution in [1.82, 2.24) is 0 Å². The number of rotatable bonds is 5. The summed E-state index contributed by atoms with van der Waals surface area (Å²) < 4.78 is 4.88. The van der Waals surface area contributed by atoms with Crippen molar-refractivity contribution in [2.75, 3.05) is 6.61 Å². The summed E-state index contributed by atoms with van der Waals surface area (Å²) in [6.45, 7) is 5.83. The average Bonchev–Trinajstić information content (AvgIpc) is 2.25. The first-order valence-electron chi connectivity index (χ1n) is 5.04. The molecular formula is C13H16O2. The fraction of sp³-hybridized carbons (Fsp3) is 0.308. The topological polar surface area (TPSA) is 26.3 Å². The third kappa shape index (κ3) is 4.45. The van der Waals surface area contributed by atoms with Gasteiger partial charge in [-0.3, -0.25) is 4.79 Å². The van der Waals surface area contributed by atoms with Gasteiger partial charge in [-0.15, -0.1) is 0 Å². The highest BCUT2D eigenvalue weighted by Gasteiger charge is 2.02. The molecule has 0 N–H and O–H groups in total. The van der Waals surface area contributed by atoms with Gasteiger partial charge in [-0.05, 0) is 18.9 Å². The van der Waals surface area contributed by atoms with Crippen LogP contribution in [-0.2, 0) is 16.0 Å². The van der Waals surface area contributed by atoms with Gasteiger partial charge < -0.3 is 4.74 Å². The van der Waals surface area contributed by atoms with Crippen LogP contribution in [0.4, 0.5) is 0 Å². The van der Waals surface area contributed by atoms with Crippen LogP contribution in [0.15, 0.2) is 36.9 Å². The molecule has 1 aromatic carbocycles. The van der Waals surface area contributed by atoms with Crippen molar-refractivity contribution in [3.05, 3.63) is 48.0 Å². The number of aryl methyl sites for hydroxylation is 2.